The predicted octanol–water partition coefficient (Wildman–Crippen LogP) is -0.210. The number of hydrogen-bond acceptors (Lipinski definition) is 6. The van der Waals surface area contributed by atoms with Crippen LogP contribution in [0.5, 0.6) is 0 Å². The van der Waals surface area contributed by atoms with E-state index in [0.717, 1.165) is 5.56 Å². The summed E-state index contributed by atoms with van der Waals surface area (Å²) in [7, 11) is 0. The molecule has 4 unspecified atom stereocenters. The first-order valence-electron chi connectivity index (χ1n) is 11.0. The lowest BCUT2D eigenvalue weighted by Gasteiger charge is -2.27. The van der Waals surface area contributed by atoms with Crippen LogP contribution in [0.1, 0.15) is 39.7 Å². The highest BCUT2D eigenvalue weighted by atomic mass is 16.4. The highest BCUT2D eigenvalue weighted by Crippen LogP contribution is 2.10. The van der Waals surface area contributed by atoms with Crippen molar-refractivity contribution in [3.63, 3.8) is 0 Å². The number of nitrogens with one attached hydrogen (secondary N) is 3. The van der Waals surface area contributed by atoms with Crippen molar-refractivity contribution in [1.29, 1.82) is 0 Å². The zero-order valence-corrected chi connectivity index (χ0v) is 19.6. The van der Waals surface area contributed by atoms with Crippen LogP contribution in [0.2, 0.25) is 0 Å². The minimum Gasteiger partial charge on any atom is -0.480 e. The van der Waals surface area contributed by atoms with Gasteiger partial charge in [-0.1, -0.05) is 58.0 Å². The van der Waals surface area contributed by atoms with Crippen molar-refractivity contribution < 1.29 is 29.4 Å². The molecule has 184 valence electrons. The van der Waals surface area contributed by atoms with Crippen LogP contribution < -0.4 is 21.7 Å². The van der Waals surface area contributed by atoms with Crippen LogP contribution in [-0.4, -0.2) is 64.7 Å². The van der Waals surface area contributed by atoms with Gasteiger partial charge in [0, 0.05) is 6.42 Å². The van der Waals surface area contributed by atoms with Gasteiger partial charge in [0.05, 0.1) is 6.61 Å². The molecule has 0 saturated carbocycles. The number of aliphatic hydroxyl groups is 1. The normalized spacial score (nSPS) is 14.8. The molecule has 0 fully saturated rings. The molecule has 0 saturated heterocycles. The van der Waals surface area contributed by atoms with Gasteiger partial charge >= 0.3 is 5.97 Å². The molecular formula is C23H36N4O6. The number of nitrogens with two attached hydrogens (primary N) is 1. The summed E-state index contributed by atoms with van der Waals surface area (Å²) in [6.07, 6.45) is 0.375. The van der Waals surface area contributed by atoms with E-state index in [1.54, 1.807) is 38.1 Å². The Morgan fingerprint density at radius 2 is 1.45 bits per heavy atom. The Morgan fingerprint density at radius 3 is 1.94 bits per heavy atom. The van der Waals surface area contributed by atoms with Crippen LogP contribution in [0.4, 0.5) is 0 Å². The molecule has 0 radical (unpaired) electrons. The summed E-state index contributed by atoms with van der Waals surface area (Å²) in [6, 6.07) is 4.55. The zero-order chi connectivity index (χ0) is 25.1. The lowest BCUT2D eigenvalue weighted by Crippen LogP contribution is -2.59. The molecular weight excluding hydrogens is 428 g/mol. The number of aliphatic hydroxyl groups excluding tert-OH is 1. The topological polar surface area (TPSA) is 171 Å². The van der Waals surface area contributed by atoms with Gasteiger partial charge in [0.15, 0.2) is 0 Å². The van der Waals surface area contributed by atoms with Gasteiger partial charge in [-0.25, -0.2) is 4.79 Å². The van der Waals surface area contributed by atoms with E-state index in [4.69, 9.17) is 10.8 Å². The molecule has 33 heavy (non-hydrogen) atoms. The minimum absolute atomic E-state index is 0.0417. The first kappa shape index (κ1) is 28.1. The van der Waals surface area contributed by atoms with Gasteiger partial charge in [-0.05, 0) is 23.8 Å². The number of hydrogen-bond donors (Lipinski definition) is 6. The third-order valence-corrected chi connectivity index (χ3v) is 5.02. The van der Waals surface area contributed by atoms with Gasteiger partial charge in [-0.2, -0.15) is 0 Å². The zero-order valence-electron chi connectivity index (χ0n) is 19.6. The Balaban J connectivity index is 2.95. The van der Waals surface area contributed by atoms with E-state index in [9.17, 15) is 24.3 Å². The average molecular weight is 465 g/mol. The molecule has 0 spiro atoms. The van der Waals surface area contributed by atoms with Gasteiger partial charge in [0.25, 0.3) is 0 Å². The summed E-state index contributed by atoms with van der Waals surface area (Å²) in [5, 5.41) is 26.3. The fourth-order valence-corrected chi connectivity index (χ4v) is 3.16. The Morgan fingerprint density at radius 1 is 0.879 bits per heavy atom. The van der Waals surface area contributed by atoms with Crippen LogP contribution in [0.15, 0.2) is 30.3 Å². The molecule has 4 atom stereocenters. The first-order valence-corrected chi connectivity index (χ1v) is 11.0. The summed E-state index contributed by atoms with van der Waals surface area (Å²) in [5.41, 5.74) is 6.27. The fraction of sp³-hybridized carbons (Fsp3) is 0.565. The van der Waals surface area contributed by atoms with Gasteiger partial charge in [0.1, 0.15) is 24.2 Å². The average Bonchev–Trinajstić information content (AvgIpc) is 2.75. The monoisotopic (exact) mass is 464 g/mol. The quantitative estimate of drug-likeness (QED) is 0.234. The van der Waals surface area contributed by atoms with Crippen molar-refractivity contribution in [2.45, 2.75) is 64.7 Å². The predicted molar refractivity (Wildman–Crippen MR) is 123 cm³/mol. The third-order valence-electron chi connectivity index (χ3n) is 5.02. The molecule has 0 aromatic heterocycles. The van der Waals surface area contributed by atoms with Gasteiger partial charge in [-0.15, -0.1) is 0 Å². The molecule has 10 nitrogen and oxygen atoms in total. The van der Waals surface area contributed by atoms with Crippen LogP contribution in [0.25, 0.3) is 0 Å². The minimum atomic E-state index is -1.19. The molecule has 0 aliphatic heterocycles. The second-order valence-electron chi connectivity index (χ2n) is 8.80. The maximum atomic E-state index is 12.9. The SMILES string of the molecule is CC(C)CC(NC(=O)C(N)CO)C(=O)NC(C(=O)NC(Cc1ccccc1)C(=O)O)C(C)C. The summed E-state index contributed by atoms with van der Waals surface area (Å²) in [4.78, 5) is 49.7. The number of amides is 3. The lowest BCUT2D eigenvalue weighted by atomic mass is 9.99. The maximum absolute atomic E-state index is 12.9. The molecule has 0 heterocycles. The third kappa shape index (κ3) is 9.58. The van der Waals surface area contributed by atoms with E-state index in [-0.39, 0.29) is 24.7 Å². The van der Waals surface area contributed by atoms with Crippen LogP contribution in [-0.2, 0) is 25.6 Å². The number of benzene rings is 1. The van der Waals surface area contributed by atoms with E-state index >= 15 is 0 Å². The Bertz CT molecular complexity index is 799. The smallest absolute Gasteiger partial charge is 0.326 e. The summed E-state index contributed by atoms with van der Waals surface area (Å²) < 4.78 is 0. The van der Waals surface area contributed by atoms with E-state index < -0.39 is 54.5 Å². The second-order valence-corrected chi connectivity index (χ2v) is 8.80. The fourth-order valence-electron chi connectivity index (χ4n) is 3.16. The van der Waals surface area contributed by atoms with Gasteiger partial charge in [-0.3, -0.25) is 14.4 Å². The number of rotatable bonds is 13. The Kier molecular flexibility index (Phi) is 11.5. The van der Waals surface area contributed by atoms with Crippen molar-refractivity contribution in [2.24, 2.45) is 17.6 Å². The first-order chi connectivity index (χ1) is 15.5. The second kappa shape index (κ2) is 13.5. The number of aliphatic carboxylic acids is 1. The highest BCUT2D eigenvalue weighted by Gasteiger charge is 2.32. The summed E-state index contributed by atoms with van der Waals surface area (Å²) in [6.45, 7) is 6.60. The van der Waals surface area contributed by atoms with Crippen molar-refractivity contribution in [3.05, 3.63) is 35.9 Å². The summed E-state index contributed by atoms with van der Waals surface area (Å²) in [5.74, 6) is -3.41. The van der Waals surface area contributed by atoms with Crippen LogP contribution >= 0.6 is 0 Å². The van der Waals surface area contributed by atoms with Crippen molar-refractivity contribution >= 4 is 23.7 Å². The molecule has 1 rings (SSSR count). The van der Waals surface area contributed by atoms with Crippen LogP contribution in [0.3, 0.4) is 0 Å². The molecule has 3 amide bonds. The molecule has 0 aliphatic carbocycles. The van der Waals surface area contributed by atoms with Crippen molar-refractivity contribution in [1.82, 2.24) is 16.0 Å². The number of carboxylic acids is 1. The Labute approximate surface area is 194 Å². The largest absolute Gasteiger partial charge is 0.480 e. The maximum Gasteiger partial charge on any atom is 0.326 e. The van der Waals surface area contributed by atoms with E-state index in [0.29, 0.717) is 0 Å². The van der Waals surface area contributed by atoms with Crippen molar-refractivity contribution in [3.8, 4) is 0 Å². The van der Waals surface area contributed by atoms with E-state index in [1.165, 1.54) is 0 Å². The summed E-state index contributed by atoms with van der Waals surface area (Å²) >= 11 is 0. The molecule has 0 aliphatic rings. The molecule has 1 aromatic carbocycles. The van der Waals surface area contributed by atoms with E-state index in [1.807, 2.05) is 19.9 Å². The van der Waals surface area contributed by atoms with Gasteiger partial charge in [0.2, 0.25) is 17.7 Å². The van der Waals surface area contributed by atoms with Crippen molar-refractivity contribution in [2.75, 3.05) is 6.61 Å². The Hall–Kier alpha value is -2.98. The number of carbonyl (C=O) groups excluding carboxylic acids is 3. The molecule has 7 N–H and O–H groups in total. The lowest BCUT2D eigenvalue weighted by molar-refractivity contribution is -0.142. The number of carboxylic acid groups (broad SMARTS) is 1. The van der Waals surface area contributed by atoms with E-state index in [2.05, 4.69) is 16.0 Å². The highest BCUT2D eigenvalue weighted by molar-refractivity contribution is 5.94. The standard InChI is InChI=1S/C23H36N4O6/c1-13(2)10-17(25-20(29)16(24)12-28)21(30)27-19(14(3)4)22(31)26-18(23(32)33)11-15-8-6-5-7-9-15/h5-9,13-14,16-19,28H,10-12,24H2,1-4H3,(H,25,29)(H,26,31)(H,27,30)(H,32,33). The molecule has 0 bridgehead atoms. The molecule has 1 aromatic rings. The van der Waals surface area contributed by atoms with Crippen LogP contribution in [0, 0.1) is 11.8 Å². The number of carbonyl (C=O) groups is 4. The molecule has 10 heteroatoms. The van der Waals surface area contributed by atoms with Gasteiger partial charge < -0.3 is 31.9 Å².